The number of nitrogens with zero attached hydrogens (tertiary/aromatic N) is 3. The Morgan fingerprint density at radius 1 is 1.30 bits per heavy atom. The fraction of sp³-hybridized carbons (Fsp3) is 0.333. The highest BCUT2D eigenvalue weighted by Crippen LogP contribution is 2.28. The molecule has 1 atom stereocenters. The molecule has 1 aliphatic heterocycles. The lowest BCUT2D eigenvalue weighted by atomic mass is 10.2. The van der Waals surface area contributed by atoms with Gasteiger partial charge in [-0.05, 0) is 37.6 Å². The van der Waals surface area contributed by atoms with Crippen LogP contribution in [0.25, 0.3) is 10.9 Å². The van der Waals surface area contributed by atoms with E-state index in [1.54, 1.807) is 27.4 Å². The summed E-state index contributed by atoms with van der Waals surface area (Å²) < 4.78 is 27.0. The highest BCUT2D eigenvalue weighted by molar-refractivity contribution is 7.91. The monoisotopic (exact) mass is 406 g/mol. The molecule has 0 radical (unpaired) electrons. The molecule has 1 amide bonds. The summed E-state index contributed by atoms with van der Waals surface area (Å²) in [5, 5.41) is 8.76. The molecule has 142 valence electrons. The predicted molar refractivity (Wildman–Crippen MR) is 105 cm³/mol. The second-order valence-corrected chi connectivity index (χ2v) is 9.58. The molecule has 0 bridgehead atoms. The minimum Gasteiger partial charge on any atom is -0.340 e. The summed E-state index contributed by atoms with van der Waals surface area (Å²) in [4.78, 5) is 12.9. The molecule has 3 heterocycles. The number of halogens is 1. The van der Waals surface area contributed by atoms with Crippen LogP contribution < -0.4 is 5.32 Å². The highest BCUT2D eigenvalue weighted by atomic mass is 35.5. The number of benzene rings is 1. The zero-order valence-corrected chi connectivity index (χ0v) is 16.5. The number of anilines is 1. The molecule has 4 rings (SSSR count). The summed E-state index contributed by atoms with van der Waals surface area (Å²) in [6, 6.07) is 8.74. The van der Waals surface area contributed by atoms with Gasteiger partial charge in [0.05, 0.1) is 23.2 Å². The summed E-state index contributed by atoms with van der Waals surface area (Å²) in [5.74, 6) is 0.409. The molecule has 1 aliphatic rings. The summed E-state index contributed by atoms with van der Waals surface area (Å²) in [6.45, 7) is 1.81. The van der Waals surface area contributed by atoms with Gasteiger partial charge in [-0.1, -0.05) is 11.6 Å². The fourth-order valence-corrected chi connectivity index (χ4v) is 5.45. The number of nitrogens with one attached hydrogen (secondary N) is 1. The van der Waals surface area contributed by atoms with Gasteiger partial charge in [-0.2, -0.15) is 5.10 Å². The largest absolute Gasteiger partial charge is 0.340 e. The van der Waals surface area contributed by atoms with E-state index in [9.17, 15) is 13.2 Å². The molecule has 2 aromatic heterocycles. The van der Waals surface area contributed by atoms with Crippen LogP contribution in [-0.2, 0) is 16.9 Å². The van der Waals surface area contributed by atoms with Gasteiger partial charge >= 0.3 is 0 Å². The van der Waals surface area contributed by atoms with Crippen molar-refractivity contribution in [1.29, 1.82) is 0 Å². The van der Waals surface area contributed by atoms with Crippen LogP contribution in [0.3, 0.4) is 0 Å². The number of aromatic nitrogens is 3. The molecule has 0 unspecified atom stereocenters. The standard InChI is InChI=1S/C18H19ClN4O3S/c1-11-7-17(23(21-11)14-5-6-27(25,26)10-14)20-18(24)16-9-12-8-13(19)3-4-15(12)22(16)2/h3-4,7-9,14H,5-6,10H2,1-2H3,(H,20,24)/t14-/m0/s1. The van der Waals surface area contributed by atoms with Crippen LogP contribution >= 0.6 is 11.6 Å². The van der Waals surface area contributed by atoms with Gasteiger partial charge in [0.1, 0.15) is 11.5 Å². The van der Waals surface area contributed by atoms with E-state index in [0.29, 0.717) is 23.0 Å². The molecule has 0 spiro atoms. The quantitative estimate of drug-likeness (QED) is 0.724. The second-order valence-electron chi connectivity index (χ2n) is 6.92. The van der Waals surface area contributed by atoms with E-state index in [1.165, 1.54) is 0 Å². The molecule has 1 N–H and O–H groups in total. The first kappa shape index (κ1) is 18.1. The Balaban J connectivity index is 1.65. The number of hydrogen-bond donors (Lipinski definition) is 1. The molecule has 0 saturated carbocycles. The van der Waals surface area contributed by atoms with Crippen LogP contribution in [0.1, 0.15) is 28.6 Å². The van der Waals surface area contributed by atoms with E-state index in [0.717, 1.165) is 16.6 Å². The van der Waals surface area contributed by atoms with Gasteiger partial charge in [-0.15, -0.1) is 0 Å². The smallest absolute Gasteiger partial charge is 0.273 e. The van der Waals surface area contributed by atoms with Gasteiger partial charge in [0, 0.05) is 29.0 Å². The molecule has 1 fully saturated rings. The van der Waals surface area contributed by atoms with Crippen molar-refractivity contribution < 1.29 is 13.2 Å². The summed E-state index contributed by atoms with van der Waals surface area (Å²) in [7, 11) is -1.23. The Morgan fingerprint density at radius 2 is 2.07 bits per heavy atom. The Kier molecular flexibility index (Phi) is 4.27. The number of carbonyl (C=O) groups excluding carboxylic acids is 1. The first-order chi connectivity index (χ1) is 12.7. The van der Waals surface area contributed by atoms with Crippen molar-refractivity contribution in [3.05, 3.63) is 46.7 Å². The average molecular weight is 407 g/mol. The van der Waals surface area contributed by atoms with Crippen LogP contribution in [0, 0.1) is 6.92 Å². The molecular formula is C18H19ClN4O3S. The van der Waals surface area contributed by atoms with E-state index < -0.39 is 9.84 Å². The van der Waals surface area contributed by atoms with Gasteiger partial charge in [-0.3, -0.25) is 4.79 Å². The number of fused-ring (bicyclic) bond motifs is 1. The van der Waals surface area contributed by atoms with Gasteiger partial charge in [-0.25, -0.2) is 13.1 Å². The first-order valence-corrected chi connectivity index (χ1v) is 10.8. The molecule has 9 heteroatoms. The van der Waals surface area contributed by atoms with Crippen molar-refractivity contribution in [2.24, 2.45) is 7.05 Å². The normalized spacial score (nSPS) is 18.9. The first-order valence-electron chi connectivity index (χ1n) is 8.56. The Morgan fingerprint density at radius 3 is 2.78 bits per heavy atom. The van der Waals surface area contributed by atoms with E-state index in [1.807, 2.05) is 26.1 Å². The van der Waals surface area contributed by atoms with Crippen molar-refractivity contribution in [3.8, 4) is 0 Å². The van der Waals surface area contributed by atoms with Crippen molar-refractivity contribution in [3.63, 3.8) is 0 Å². The van der Waals surface area contributed by atoms with Crippen LogP contribution in [0.2, 0.25) is 5.02 Å². The van der Waals surface area contributed by atoms with Crippen LogP contribution in [-0.4, -0.2) is 40.2 Å². The molecule has 7 nitrogen and oxygen atoms in total. The SMILES string of the molecule is Cc1cc(NC(=O)c2cc3cc(Cl)ccc3n2C)n([C@H]2CCS(=O)(=O)C2)n1. The van der Waals surface area contributed by atoms with Crippen LogP contribution in [0.5, 0.6) is 0 Å². The predicted octanol–water partition coefficient (Wildman–Crippen LogP) is 2.95. The maximum absolute atomic E-state index is 12.9. The molecule has 1 saturated heterocycles. The number of rotatable bonds is 3. The molecule has 27 heavy (non-hydrogen) atoms. The number of aryl methyl sites for hydroxylation is 2. The number of carbonyl (C=O) groups is 1. The fourth-order valence-electron chi connectivity index (χ4n) is 3.58. The lowest BCUT2D eigenvalue weighted by Crippen LogP contribution is -2.21. The summed E-state index contributed by atoms with van der Waals surface area (Å²) >= 11 is 6.04. The van der Waals surface area contributed by atoms with Gasteiger partial charge in [0.15, 0.2) is 9.84 Å². The molecular weight excluding hydrogens is 388 g/mol. The van der Waals surface area contributed by atoms with Crippen molar-refractivity contribution in [1.82, 2.24) is 14.3 Å². The van der Waals surface area contributed by atoms with Crippen molar-refractivity contribution in [2.75, 3.05) is 16.8 Å². The van der Waals surface area contributed by atoms with E-state index in [2.05, 4.69) is 10.4 Å². The Hall–Kier alpha value is -2.32. The third kappa shape index (κ3) is 3.35. The Labute approximate surface area is 161 Å². The van der Waals surface area contributed by atoms with E-state index in [-0.39, 0.29) is 23.5 Å². The minimum absolute atomic E-state index is 0.0452. The zero-order chi connectivity index (χ0) is 19.3. The maximum Gasteiger partial charge on any atom is 0.273 e. The van der Waals surface area contributed by atoms with Crippen LogP contribution in [0.15, 0.2) is 30.3 Å². The van der Waals surface area contributed by atoms with Crippen molar-refractivity contribution in [2.45, 2.75) is 19.4 Å². The Bertz CT molecular complexity index is 1160. The molecule has 0 aliphatic carbocycles. The summed E-state index contributed by atoms with van der Waals surface area (Å²) in [5.41, 5.74) is 2.10. The number of sulfone groups is 1. The lowest BCUT2D eigenvalue weighted by molar-refractivity contribution is 0.101. The van der Waals surface area contributed by atoms with E-state index >= 15 is 0 Å². The average Bonchev–Trinajstić information content (AvgIpc) is 3.23. The maximum atomic E-state index is 12.9. The number of hydrogen-bond acceptors (Lipinski definition) is 4. The number of amides is 1. The zero-order valence-electron chi connectivity index (χ0n) is 14.9. The van der Waals surface area contributed by atoms with Crippen LogP contribution in [0.4, 0.5) is 5.82 Å². The topological polar surface area (TPSA) is 86.0 Å². The van der Waals surface area contributed by atoms with Gasteiger partial charge < -0.3 is 9.88 Å². The third-order valence-corrected chi connectivity index (χ3v) is 6.88. The summed E-state index contributed by atoms with van der Waals surface area (Å²) in [6.07, 6.45) is 0.499. The molecule has 3 aromatic rings. The highest BCUT2D eigenvalue weighted by Gasteiger charge is 2.31. The third-order valence-electron chi connectivity index (χ3n) is 4.89. The lowest BCUT2D eigenvalue weighted by Gasteiger charge is -2.14. The van der Waals surface area contributed by atoms with Gasteiger partial charge in [0.25, 0.3) is 5.91 Å². The second kappa shape index (κ2) is 6.38. The van der Waals surface area contributed by atoms with Crippen molar-refractivity contribution >= 4 is 44.1 Å². The van der Waals surface area contributed by atoms with E-state index in [4.69, 9.17) is 11.6 Å². The molecule has 1 aromatic carbocycles. The minimum atomic E-state index is -3.05. The van der Waals surface area contributed by atoms with Gasteiger partial charge in [0.2, 0.25) is 0 Å².